The van der Waals surface area contributed by atoms with Crippen molar-refractivity contribution < 1.29 is 9.84 Å². The van der Waals surface area contributed by atoms with E-state index in [9.17, 15) is 0 Å². The molecule has 20 heavy (non-hydrogen) atoms. The van der Waals surface area contributed by atoms with E-state index in [1.165, 1.54) is 0 Å². The van der Waals surface area contributed by atoms with E-state index in [4.69, 9.17) is 9.84 Å². The smallest absolute Gasteiger partial charge is 0.341 e. The molecule has 0 saturated heterocycles. The van der Waals surface area contributed by atoms with Crippen molar-refractivity contribution in [2.75, 3.05) is 6.61 Å². The largest absolute Gasteiger partial charge is 0.423 e. The van der Waals surface area contributed by atoms with Gasteiger partial charge in [-0.2, -0.15) is 4.98 Å². The normalized spacial score (nSPS) is 10.7. The third-order valence-corrected chi connectivity index (χ3v) is 2.87. The predicted molar refractivity (Wildman–Crippen MR) is 74.6 cm³/mol. The molecule has 0 amide bonds. The van der Waals surface area contributed by atoms with Crippen molar-refractivity contribution in [3.05, 3.63) is 54.1 Å². The summed E-state index contributed by atoms with van der Waals surface area (Å²) in [5.74, 6) is 0.642. The summed E-state index contributed by atoms with van der Waals surface area (Å²) in [6.45, 7) is 0.137. The van der Waals surface area contributed by atoms with Crippen molar-refractivity contribution >= 4 is 11.0 Å². The summed E-state index contributed by atoms with van der Waals surface area (Å²) in [7, 11) is 0. The zero-order chi connectivity index (χ0) is 13.8. The van der Waals surface area contributed by atoms with Crippen LogP contribution in [-0.4, -0.2) is 26.9 Å². The number of aliphatic hydroxyl groups is 1. The Morgan fingerprint density at radius 2 is 1.65 bits per heavy atom. The third kappa shape index (κ3) is 2.73. The van der Waals surface area contributed by atoms with E-state index in [0.717, 1.165) is 16.6 Å². The highest BCUT2D eigenvalue weighted by atomic mass is 16.5. The molecule has 0 radical (unpaired) electrons. The molecule has 0 bridgehead atoms. The molecular formula is C15H13N3O2. The minimum absolute atomic E-state index is 0.137. The predicted octanol–water partition coefficient (Wildman–Crippen LogP) is 2.35. The minimum atomic E-state index is 0.137. The number of hydrogen-bond donors (Lipinski definition) is 1. The van der Waals surface area contributed by atoms with Gasteiger partial charge in [-0.3, -0.25) is 0 Å². The summed E-state index contributed by atoms with van der Waals surface area (Å²) < 4.78 is 5.57. The number of rotatable bonds is 4. The Labute approximate surface area is 115 Å². The molecule has 0 aliphatic rings. The topological polar surface area (TPSA) is 68.1 Å². The first kappa shape index (κ1) is 12.5. The van der Waals surface area contributed by atoms with Crippen LogP contribution >= 0.6 is 0 Å². The molecule has 0 aliphatic carbocycles. The average Bonchev–Trinajstić information content (AvgIpc) is 2.49. The molecule has 0 aliphatic heterocycles. The minimum Gasteiger partial charge on any atom is -0.423 e. The third-order valence-electron chi connectivity index (χ3n) is 2.87. The quantitative estimate of drug-likeness (QED) is 0.785. The second kappa shape index (κ2) is 5.63. The van der Waals surface area contributed by atoms with E-state index in [0.29, 0.717) is 12.2 Å². The van der Waals surface area contributed by atoms with E-state index < -0.39 is 0 Å². The highest BCUT2D eigenvalue weighted by Crippen LogP contribution is 2.19. The monoisotopic (exact) mass is 267 g/mol. The van der Waals surface area contributed by atoms with Crippen molar-refractivity contribution in [2.45, 2.75) is 6.42 Å². The summed E-state index contributed by atoms with van der Waals surface area (Å²) in [4.78, 5) is 4.29. The van der Waals surface area contributed by atoms with Crippen LogP contribution in [0, 0.1) is 0 Å². The van der Waals surface area contributed by atoms with Gasteiger partial charge in [0, 0.05) is 6.61 Å². The average molecular weight is 267 g/mol. The summed E-state index contributed by atoms with van der Waals surface area (Å²) in [5, 5.41) is 16.9. The molecule has 5 heteroatoms. The summed E-state index contributed by atoms with van der Waals surface area (Å²) >= 11 is 0. The SMILES string of the molecule is OCCc1ccc(Oc2nnc3ccccc3n2)cc1. The number of para-hydroxylation sites is 1. The molecule has 3 aromatic rings. The van der Waals surface area contributed by atoms with Gasteiger partial charge in [0.15, 0.2) is 0 Å². The molecular weight excluding hydrogens is 254 g/mol. The molecule has 0 unspecified atom stereocenters. The van der Waals surface area contributed by atoms with Gasteiger partial charge < -0.3 is 9.84 Å². The van der Waals surface area contributed by atoms with Gasteiger partial charge in [0.25, 0.3) is 0 Å². The van der Waals surface area contributed by atoms with Crippen LogP contribution in [0.15, 0.2) is 48.5 Å². The van der Waals surface area contributed by atoms with Crippen molar-refractivity contribution in [2.24, 2.45) is 0 Å². The van der Waals surface area contributed by atoms with Gasteiger partial charge in [0.05, 0.1) is 5.52 Å². The first-order valence-electron chi connectivity index (χ1n) is 6.32. The Morgan fingerprint density at radius 3 is 2.40 bits per heavy atom. The van der Waals surface area contributed by atoms with Crippen LogP contribution in [0.2, 0.25) is 0 Å². The zero-order valence-electron chi connectivity index (χ0n) is 10.7. The van der Waals surface area contributed by atoms with Gasteiger partial charge in [-0.25, -0.2) is 0 Å². The first-order chi connectivity index (χ1) is 9.85. The fourth-order valence-electron chi connectivity index (χ4n) is 1.87. The molecule has 3 rings (SSSR count). The second-order valence-corrected chi connectivity index (χ2v) is 4.30. The lowest BCUT2D eigenvalue weighted by Crippen LogP contribution is -1.96. The van der Waals surface area contributed by atoms with Crippen LogP contribution in [0.4, 0.5) is 0 Å². The van der Waals surface area contributed by atoms with Crippen LogP contribution in [0.3, 0.4) is 0 Å². The number of aromatic nitrogens is 3. The maximum absolute atomic E-state index is 8.87. The first-order valence-corrected chi connectivity index (χ1v) is 6.32. The maximum Gasteiger partial charge on any atom is 0.341 e. The highest BCUT2D eigenvalue weighted by Gasteiger charge is 2.03. The van der Waals surface area contributed by atoms with E-state index in [-0.39, 0.29) is 12.6 Å². The highest BCUT2D eigenvalue weighted by molar-refractivity contribution is 5.73. The van der Waals surface area contributed by atoms with Gasteiger partial charge in [0.2, 0.25) is 0 Å². The van der Waals surface area contributed by atoms with Gasteiger partial charge in [-0.05, 0) is 36.2 Å². The van der Waals surface area contributed by atoms with E-state index >= 15 is 0 Å². The second-order valence-electron chi connectivity index (χ2n) is 4.30. The molecule has 100 valence electrons. The van der Waals surface area contributed by atoms with Crippen molar-refractivity contribution in [3.63, 3.8) is 0 Å². The summed E-state index contributed by atoms with van der Waals surface area (Å²) in [6, 6.07) is 15.2. The molecule has 0 fully saturated rings. The van der Waals surface area contributed by atoms with E-state index in [1.54, 1.807) is 0 Å². The number of fused-ring (bicyclic) bond motifs is 1. The van der Waals surface area contributed by atoms with Crippen molar-refractivity contribution in [1.29, 1.82) is 0 Å². The maximum atomic E-state index is 8.87. The Bertz CT molecular complexity index is 714. The molecule has 0 saturated carbocycles. The van der Waals surface area contributed by atoms with E-state index in [2.05, 4.69) is 15.2 Å². The lowest BCUT2D eigenvalue weighted by molar-refractivity contribution is 0.299. The Kier molecular flexibility index (Phi) is 3.52. The van der Waals surface area contributed by atoms with Gasteiger partial charge in [-0.15, -0.1) is 5.10 Å². The fourth-order valence-corrected chi connectivity index (χ4v) is 1.87. The Morgan fingerprint density at radius 1 is 0.900 bits per heavy atom. The number of benzene rings is 2. The fraction of sp³-hybridized carbons (Fsp3) is 0.133. The Balaban J connectivity index is 1.81. The van der Waals surface area contributed by atoms with Gasteiger partial charge in [0.1, 0.15) is 11.3 Å². The molecule has 1 heterocycles. The molecule has 0 spiro atoms. The number of aliphatic hydroxyl groups excluding tert-OH is 1. The molecule has 1 aromatic heterocycles. The van der Waals surface area contributed by atoms with Crippen LogP contribution in [0.25, 0.3) is 11.0 Å². The van der Waals surface area contributed by atoms with Crippen molar-refractivity contribution in [1.82, 2.24) is 15.2 Å². The zero-order valence-corrected chi connectivity index (χ0v) is 10.7. The van der Waals surface area contributed by atoms with Crippen LogP contribution in [0.5, 0.6) is 11.8 Å². The summed E-state index contributed by atoms with van der Waals surface area (Å²) in [6.07, 6.45) is 0.633. The molecule has 1 N–H and O–H groups in total. The van der Waals surface area contributed by atoms with Crippen molar-refractivity contribution in [3.8, 4) is 11.8 Å². The number of hydrogen-bond acceptors (Lipinski definition) is 5. The lowest BCUT2D eigenvalue weighted by Gasteiger charge is -2.05. The number of ether oxygens (including phenoxy) is 1. The van der Waals surface area contributed by atoms with Gasteiger partial charge >= 0.3 is 6.01 Å². The molecule has 0 atom stereocenters. The molecule has 2 aromatic carbocycles. The van der Waals surface area contributed by atoms with E-state index in [1.807, 2.05) is 48.5 Å². The van der Waals surface area contributed by atoms with Crippen LogP contribution < -0.4 is 4.74 Å². The lowest BCUT2D eigenvalue weighted by atomic mass is 10.1. The summed E-state index contributed by atoms with van der Waals surface area (Å²) in [5.41, 5.74) is 2.53. The van der Waals surface area contributed by atoms with Crippen LogP contribution in [0.1, 0.15) is 5.56 Å². The van der Waals surface area contributed by atoms with Gasteiger partial charge in [-0.1, -0.05) is 29.4 Å². The van der Waals surface area contributed by atoms with Crippen LogP contribution in [-0.2, 0) is 6.42 Å². The standard InChI is InChI=1S/C15H13N3O2/c19-10-9-11-5-7-12(8-6-11)20-15-16-13-3-1-2-4-14(13)17-18-15/h1-8,19H,9-10H2. The number of nitrogens with zero attached hydrogens (tertiary/aromatic N) is 3. The molecule has 5 nitrogen and oxygen atoms in total. The Hall–Kier alpha value is -2.53.